The summed E-state index contributed by atoms with van der Waals surface area (Å²) in [5, 5.41) is 0.694. The van der Waals surface area contributed by atoms with E-state index in [2.05, 4.69) is 29.2 Å². The summed E-state index contributed by atoms with van der Waals surface area (Å²) >= 11 is 6.06. The molecule has 0 aliphatic carbocycles. The monoisotopic (exact) mass is 386 g/mol. The van der Waals surface area contributed by atoms with E-state index in [9.17, 15) is 4.79 Å². The summed E-state index contributed by atoms with van der Waals surface area (Å²) in [4.78, 5) is 17.0. The summed E-state index contributed by atoms with van der Waals surface area (Å²) in [7, 11) is 0. The SMILES string of the molecule is CC(C)(C)OC(=O)N1CCN(Cc2ccccc2)C[C@H]1c1ccc(Cl)cc1. The zero-order chi connectivity index (χ0) is 19.4. The number of rotatable bonds is 3. The lowest BCUT2D eigenvalue weighted by atomic mass is 10.0. The molecule has 0 saturated carbocycles. The van der Waals surface area contributed by atoms with E-state index in [0.29, 0.717) is 11.6 Å². The molecule has 1 fully saturated rings. The van der Waals surface area contributed by atoms with Crippen LogP contribution in [0, 0.1) is 0 Å². The van der Waals surface area contributed by atoms with Crippen molar-refractivity contribution in [1.29, 1.82) is 0 Å². The Kier molecular flexibility index (Phi) is 6.08. The molecular weight excluding hydrogens is 360 g/mol. The second kappa shape index (κ2) is 8.32. The molecule has 1 heterocycles. The van der Waals surface area contributed by atoms with Gasteiger partial charge < -0.3 is 4.74 Å². The third-order valence-electron chi connectivity index (χ3n) is 4.60. The lowest BCUT2D eigenvalue weighted by Crippen LogP contribution is -2.51. The summed E-state index contributed by atoms with van der Waals surface area (Å²) in [6, 6.07) is 18.1. The van der Waals surface area contributed by atoms with Gasteiger partial charge in [0.15, 0.2) is 0 Å². The van der Waals surface area contributed by atoms with Crippen molar-refractivity contribution in [3.8, 4) is 0 Å². The Balaban J connectivity index is 1.80. The van der Waals surface area contributed by atoms with Crippen LogP contribution in [0.1, 0.15) is 37.9 Å². The zero-order valence-electron chi connectivity index (χ0n) is 16.2. The average molecular weight is 387 g/mol. The largest absolute Gasteiger partial charge is 0.444 e. The van der Waals surface area contributed by atoms with Gasteiger partial charge in [-0.15, -0.1) is 0 Å². The van der Waals surface area contributed by atoms with Crippen LogP contribution >= 0.6 is 11.6 Å². The van der Waals surface area contributed by atoms with E-state index in [1.807, 2.05) is 56.0 Å². The smallest absolute Gasteiger partial charge is 0.410 e. The second-order valence-electron chi connectivity index (χ2n) is 7.96. The minimum Gasteiger partial charge on any atom is -0.444 e. The van der Waals surface area contributed by atoms with E-state index in [4.69, 9.17) is 16.3 Å². The normalized spacial score (nSPS) is 18.4. The zero-order valence-corrected chi connectivity index (χ0v) is 16.9. The molecular formula is C22H27ClN2O2. The minimum atomic E-state index is -0.511. The van der Waals surface area contributed by atoms with Gasteiger partial charge in [0.1, 0.15) is 5.60 Å². The van der Waals surface area contributed by atoms with Crippen LogP contribution < -0.4 is 0 Å². The Hall–Kier alpha value is -2.04. The molecule has 0 radical (unpaired) electrons. The predicted molar refractivity (Wildman–Crippen MR) is 109 cm³/mol. The highest BCUT2D eigenvalue weighted by molar-refractivity contribution is 6.30. The summed E-state index contributed by atoms with van der Waals surface area (Å²) in [6.45, 7) is 8.77. The highest BCUT2D eigenvalue weighted by atomic mass is 35.5. The van der Waals surface area contributed by atoms with Crippen LogP contribution in [-0.4, -0.2) is 41.1 Å². The molecule has 1 aliphatic heterocycles. The van der Waals surface area contributed by atoms with E-state index < -0.39 is 5.60 Å². The van der Waals surface area contributed by atoms with E-state index in [1.54, 1.807) is 0 Å². The van der Waals surface area contributed by atoms with Crippen LogP contribution in [0.2, 0.25) is 5.02 Å². The van der Waals surface area contributed by atoms with E-state index in [-0.39, 0.29) is 12.1 Å². The fraction of sp³-hybridized carbons (Fsp3) is 0.409. The van der Waals surface area contributed by atoms with Crippen molar-refractivity contribution in [3.63, 3.8) is 0 Å². The number of carbonyl (C=O) groups excluding carboxylic acids is 1. The Bertz CT molecular complexity index is 756. The highest BCUT2D eigenvalue weighted by Gasteiger charge is 2.34. The number of hydrogen-bond acceptors (Lipinski definition) is 3. The molecule has 0 aromatic heterocycles. The maximum absolute atomic E-state index is 12.8. The maximum atomic E-state index is 12.8. The van der Waals surface area contributed by atoms with Gasteiger partial charge in [-0.2, -0.15) is 0 Å². The Morgan fingerprint density at radius 1 is 1.07 bits per heavy atom. The highest BCUT2D eigenvalue weighted by Crippen LogP contribution is 2.29. The van der Waals surface area contributed by atoms with Crippen molar-refractivity contribution in [2.24, 2.45) is 0 Å². The summed E-state index contributed by atoms with van der Waals surface area (Å²) < 4.78 is 5.65. The van der Waals surface area contributed by atoms with Crippen LogP contribution in [0.3, 0.4) is 0 Å². The predicted octanol–water partition coefficient (Wildman–Crippen LogP) is 5.13. The number of benzene rings is 2. The molecule has 0 N–H and O–H groups in total. The molecule has 2 aromatic rings. The summed E-state index contributed by atoms with van der Waals surface area (Å²) in [5.41, 5.74) is 1.84. The van der Waals surface area contributed by atoms with Crippen molar-refractivity contribution >= 4 is 17.7 Å². The van der Waals surface area contributed by atoms with Gasteiger partial charge in [0.05, 0.1) is 6.04 Å². The quantitative estimate of drug-likeness (QED) is 0.732. The molecule has 4 nitrogen and oxygen atoms in total. The number of nitrogens with zero attached hydrogens (tertiary/aromatic N) is 2. The maximum Gasteiger partial charge on any atom is 0.410 e. The van der Waals surface area contributed by atoms with Gasteiger partial charge >= 0.3 is 6.09 Å². The van der Waals surface area contributed by atoms with Crippen LogP contribution in [0.25, 0.3) is 0 Å². The fourth-order valence-corrected chi connectivity index (χ4v) is 3.46. The van der Waals surface area contributed by atoms with Gasteiger partial charge in [-0.05, 0) is 44.0 Å². The lowest BCUT2D eigenvalue weighted by Gasteiger charge is -2.42. The molecule has 1 amide bonds. The third-order valence-corrected chi connectivity index (χ3v) is 4.85. The molecule has 3 rings (SSSR count). The van der Waals surface area contributed by atoms with Gasteiger partial charge in [-0.1, -0.05) is 54.1 Å². The Labute approximate surface area is 166 Å². The van der Waals surface area contributed by atoms with E-state index in [1.165, 1.54) is 5.56 Å². The molecule has 0 bridgehead atoms. The van der Waals surface area contributed by atoms with Crippen LogP contribution in [0.4, 0.5) is 4.79 Å². The van der Waals surface area contributed by atoms with Crippen molar-refractivity contribution in [1.82, 2.24) is 9.80 Å². The molecule has 27 heavy (non-hydrogen) atoms. The first kappa shape index (κ1) is 19.7. The summed E-state index contributed by atoms with van der Waals surface area (Å²) in [6.07, 6.45) is -0.262. The first-order valence-electron chi connectivity index (χ1n) is 9.33. The summed E-state index contributed by atoms with van der Waals surface area (Å²) in [5.74, 6) is 0. The number of ether oxygens (including phenoxy) is 1. The van der Waals surface area contributed by atoms with Crippen LogP contribution in [0.5, 0.6) is 0 Å². The van der Waals surface area contributed by atoms with Crippen molar-refractivity contribution in [2.45, 2.75) is 39.0 Å². The van der Waals surface area contributed by atoms with Gasteiger partial charge in [0.2, 0.25) is 0 Å². The molecule has 1 aliphatic rings. The standard InChI is InChI=1S/C22H27ClN2O2/c1-22(2,3)27-21(26)25-14-13-24(15-17-7-5-4-6-8-17)16-20(25)18-9-11-19(23)12-10-18/h4-12,20H,13-16H2,1-3H3/t20-/m0/s1. The third kappa shape index (κ3) is 5.47. The Morgan fingerprint density at radius 3 is 2.37 bits per heavy atom. The molecule has 1 saturated heterocycles. The first-order valence-corrected chi connectivity index (χ1v) is 9.71. The van der Waals surface area contributed by atoms with Crippen molar-refractivity contribution in [2.75, 3.05) is 19.6 Å². The minimum absolute atomic E-state index is 0.0606. The number of halogens is 1. The van der Waals surface area contributed by atoms with Crippen molar-refractivity contribution < 1.29 is 9.53 Å². The second-order valence-corrected chi connectivity index (χ2v) is 8.40. The molecule has 0 unspecified atom stereocenters. The number of piperazine rings is 1. The van der Waals surface area contributed by atoms with Gasteiger partial charge in [-0.25, -0.2) is 4.79 Å². The van der Waals surface area contributed by atoms with Gasteiger partial charge in [0, 0.05) is 31.2 Å². The van der Waals surface area contributed by atoms with Gasteiger partial charge in [0.25, 0.3) is 0 Å². The lowest BCUT2D eigenvalue weighted by molar-refractivity contribution is -0.00298. The Morgan fingerprint density at radius 2 is 1.74 bits per heavy atom. The van der Waals surface area contributed by atoms with Crippen molar-refractivity contribution in [3.05, 3.63) is 70.7 Å². The topological polar surface area (TPSA) is 32.8 Å². The number of hydrogen-bond donors (Lipinski definition) is 0. The number of carbonyl (C=O) groups is 1. The molecule has 5 heteroatoms. The average Bonchev–Trinajstić information content (AvgIpc) is 2.62. The van der Waals surface area contributed by atoms with E-state index >= 15 is 0 Å². The number of amides is 1. The molecule has 144 valence electrons. The van der Waals surface area contributed by atoms with Crippen LogP contribution in [0.15, 0.2) is 54.6 Å². The van der Waals surface area contributed by atoms with Crippen LogP contribution in [-0.2, 0) is 11.3 Å². The molecule has 2 aromatic carbocycles. The first-order chi connectivity index (χ1) is 12.8. The molecule has 1 atom stereocenters. The molecule has 0 spiro atoms. The van der Waals surface area contributed by atoms with E-state index in [0.717, 1.165) is 25.2 Å². The van der Waals surface area contributed by atoms with Gasteiger partial charge in [-0.3, -0.25) is 9.80 Å². The fourth-order valence-electron chi connectivity index (χ4n) is 3.33.